The van der Waals surface area contributed by atoms with Crippen LogP contribution in [0.15, 0.2) is 4.99 Å². The number of carbonyl (C=O) groups excluding carboxylic acids is 1. The second kappa shape index (κ2) is 8.80. The van der Waals surface area contributed by atoms with Gasteiger partial charge in [-0.3, -0.25) is 4.79 Å². The molecule has 1 heterocycles. The molecule has 2 N–H and O–H groups in total. The molecule has 1 amide bonds. The van der Waals surface area contributed by atoms with Gasteiger partial charge >= 0.3 is 0 Å². The van der Waals surface area contributed by atoms with E-state index >= 15 is 0 Å². The fourth-order valence-corrected chi connectivity index (χ4v) is 3.09. The summed E-state index contributed by atoms with van der Waals surface area (Å²) in [7, 11) is 0. The van der Waals surface area contributed by atoms with Crippen molar-refractivity contribution in [2.45, 2.75) is 46.0 Å². The molecule has 0 radical (unpaired) electrons. The molecule has 0 aromatic carbocycles. The van der Waals surface area contributed by atoms with Crippen molar-refractivity contribution in [3.8, 4) is 0 Å². The third-order valence-electron chi connectivity index (χ3n) is 4.43. The molecule has 2 rings (SSSR count). The highest BCUT2D eigenvalue weighted by Crippen LogP contribution is 2.47. The molecule has 0 unspecified atom stereocenters. The Labute approximate surface area is 145 Å². The smallest absolute Gasteiger partial charge is 0.241 e. The van der Waals surface area contributed by atoms with Crippen LogP contribution in [0.2, 0.25) is 0 Å². The minimum Gasteiger partial charge on any atom is -0.357 e. The minimum atomic E-state index is 0. The number of nitrogens with one attached hydrogen (secondary N) is 2. The second-order valence-corrected chi connectivity index (χ2v) is 6.05. The Morgan fingerprint density at radius 3 is 2.52 bits per heavy atom. The van der Waals surface area contributed by atoms with Crippen LogP contribution in [0.5, 0.6) is 0 Å². The van der Waals surface area contributed by atoms with Crippen LogP contribution in [0.25, 0.3) is 0 Å². The Hall–Kier alpha value is -0.530. The summed E-state index contributed by atoms with van der Waals surface area (Å²) in [6, 6.07) is 0. The van der Waals surface area contributed by atoms with E-state index in [-0.39, 0.29) is 36.4 Å². The van der Waals surface area contributed by atoms with Crippen LogP contribution in [-0.2, 0) is 4.79 Å². The highest BCUT2D eigenvalue weighted by atomic mass is 127. The van der Waals surface area contributed by atoms with E-state index in [1.54, 1.807) is 0 Å². The fraction of sp³-hybridized carbons (Fsp3) is 0.867. The maximum absolute atomic E-state index is 11.7. The van der Waals surface area contributed by atoms with E-state index in [0.29, 0.717) is 5.41 Å². The molecule has 0 atom stereocenters. The van der Waals surface area contributed by atoms with E-state index in [1.807, 2.05) is 0 Å². The molecule has 1 aliphatic heterocycles. The van der Waals surface area contributed by atoms with Gasteiger partial charge in [-0.15, -0.1) is 24.0 Å². The molecule has 1 saturated heterocycles. The zero-order valence-electron chi connectivity index (χ0n) is 13.3. The quantitative estimate of drug-likeness (QED) is 0.416. The van der Waals surface area contributed by atoms with Crippen LogP contribution in [0.1, 0.15) is 46.0 Å². The van der Waals surface area contributed by atoms with Crippen LogP contribution < -0.4 is 10.6 Å². The summed E-state index contributed by atoms with van der Waals surface area (Å²) in [6.45, 7) is 8.11. The van der Waals surface area contributed by atoms with Crippen LogP contribution >= 0.6 is 24.0 Å². The molecule has 1 spiro atoms. The molecule has 0 bridgehead atoms. The third-order valence-corrected chi connectivity index (χ3v) is 4.43. The third kappa shape index (κ3) is 5.00. The summed E-state index contributed by atoms with van der Waals surface area (Å²) in [6.07, 6.45) is 6.34. The number of amides is 1. The van der Waals surface area contributed by atoms with Gasteiger partial charge in [0.05, 0.1) is 0 Å². The lowest BCUT2D eigenvalue weighted by molar-refractivity contribution is -0.119. The second-order valence-electron chi connectivity index (χ2n) is 6.05. The van der Waals surface area contributed by atoms with E-state index in [9.17, 15) is 4.79 Å². The van der Waals surface area contributed by atoms with Gasteiger partial charge in [0.15, 0.2) is 5.96 Å². The van der Waals surface area contributed by atoms with Crippen molar-refractivity contribution in [3.63, 3.8) is 0 Å². The summed E-state index contributed by atoms with van der Waals surface area (Å²) in [5.74, 6) is 0.919. The molecule has 1 aliphatic carbocycles. The van der Waals surface area contributed by atoms with Gasteiger partial charge in [-0.1, -0.05) is 13.3 Å². The summed E-state index contributed by atoms with van der Waals surface area (Å²) < 4.78 is 0. The monoisotopic (exact) mass is 408 g/mol. The molecular formula is C15H29IN4O. The molecule has 2 aliphatic rings. The van der Waals surface area contributed by atoms with Gasteiger partial charge in [0.2, 0.25) is 5.91 Å². The molecular weight excluding hydrogens is 379 g/mol. The molecule has 5 nitrogen and oxygen atoms in total. The van der Waals surface area contributed by atoms with Gasteiger partial charge < -0.3 is 15.5 Å². The summed E-state index contributed by atoms with van der Waals surface area (Å²) in [4.78, 5) is 18.5. The highest BCUT2D eigenvalue weighted by Gasteiger charge is 2.43. The maximum atomic E-state index is 11.7. The number of rotatable bonds is 5. The predicted octanol–water partition coefficient (Wildman–Crippen LogP) is 1.97. The van der Waals surface area contributed by atoms with E-state index in [1.165, 1.54) is 25.7 Å². The average molecular weight is 408 g/mol. The topological polar surface area (TPSA) is 56.7 Å². The van der Waals surface area contributed by atoms with E-state index in [2.05, 4.69) is 34.4 Å². The lowest BCUT2D eigenvalue weighted by Crippen LogP contribution is -2.43. The van der Waals surface area contributed by atoms with Gasteiger partial charge in [-0.25, -0.2) is 4.99 Å². The van der Waals surface area contributed by atoms with Gasteiger partial charge in [0.25, 0.3) is 0 Å². The Kier molecular flexibility index (Phi) is 7.76. The first-order chi connectivity index (χ1) is 9.69. The number of aliphatic imine (C=N–C) groups is 1. The fourth-order valence-electron chi connectivity index (χ4n) is 3.09. The largest absolute Gasteiger partial charge is 0.357 e. The number of halogens is 1. The van der Waals surface area contributed by atoms with Gasteiger partial charge in [0.1, 0.15) is 6.54 Å². The van der Waals surface area contributed by atoms with Crippen LogP contribution in [0.3, 0.4) is 0 Å². The standard InChI is InChI=1S/C15H28N4O.HI/c1-3-9-17-13(20)11-18-14(16-4-2)19-10-8-15(12-19)6-5-7-15;/h3-12H2,1-2H3,(H,16,18)(H,17,20);1H. The molecule has 6 heteroatoms. The molecule has 21 heavy (non-hydrogen) atoms. The SMILES string of the molecule is CCCNC(=O)CN=C(NCC)N1CCC2(CCC2)C1.I. The summed E-state index contributed by atoms with van der Waals surface area (Å²) >= 11 is 0. The predicted molar refractivity (Wildman–Crippen MR) is 97.2 cm³/mol. The maximum Gasteiger partial charge on any atom is 0.241 e. The lowest BCUT2D eigenvalue weighted by Gasteiger charge is -2.38. The molecule has 0 aromatic rings. The van der Waals surface area contributed by atoms with Crippen LogP contribution in [0, 0.1) is 5.41 Å². The van der Waals surface area contributed by atoms with E-state index in [0.717, 1.165) is 38.6 Å². The normalized spacial score (nSPS) is 19.9. The first-order valence-corrected chi connectivity index (χ1v) is 7.99. The van der Waals surface area contributed by atoms with Crippen molar-refractivity contribution in [3.05, 3.63) is 0 Å². The Bertz CT molecular complexity index is 369. The first kappa shape index (κ1) is 18.5. The van der Waals surface area contributed by atoms with E-state index in [4.69, 9.17) is 0 Å². The van der Waals surface area contributed by atoms with Gasteiger partial charge in [0, 0.05) is 26.2 Å². The number of hydrogen-bond donors (Lipinski definition) is 2. The molecule has 1 saturated carbocycles. The van der Waals surface area contributed by atoms with Crippen molar-refractivity contribution in [2.75, 3.05) is 32.7 Å². The molecule has 0 aromatic heterocycles. The summed E-state index contributed by atoms with van der Waals surface area (Å²) in [5, 5.41) is 6.18. The van der Waals surface area contributed by atoms with Crippen molar-refractivity contribution >= 4 is 35.8 Å². The number of carbonyl (C=O) groups is 1. The number of hydrogen-bond acceptors (Lipinski definition) is 2. The lowest BCUT2D eigenvalue weighted by atomic mass is 9.68. The van der Waals surface area contributed by atoms with Crippen molar-refractivity contribution in [1.29, 1.82) is 0 Å². The minimum absolute atomic E-state index is 0. The van der Waals surface area contributed by atoms with E-state index < -0.39 is 0 Å². The Morgan fingerprint density at radius 2 is 2.00 bits per heavy atom. The number of guanidine groups is 1. The number of nitrogens with zero attached hydrogens (tertiary/aromatic N) is 2. The average Bonchev–Trinajstić information content (AvgIpc) is 2.86. The Morgan fingerprint density at radius 1 is 1.24 bits per heavy atom. The first-order valence-electron chi connectivity index (χ1n) is 7.99. The van der Waals surface area contributed by atoms with Gasteiger partial charge in [-0.2, -0.15) is 0 Å². The van der Waals surface area contributed by atoms with Crippen LogP contribution in [0.4, 0.5) is 0 Å². The van der Waals surface area contributed by atoms with Gasteiger partial charge in [-0.05, 0) is 38.0 Å². The van der Waals surface area contributed by atoms with Crippen LogP contribution in [-0.4, -0.2) is 49.5 Å². The Balaban J connectivity index is 0.00000220. The molecule has 122 valence electrons. The number of likely N-dealkylation sites (tertiary alicyclic amines) is 1. The highest BCUT2D eigenvalue weighted by molar-refractivity contribution is 14.0. The van der Waals surface area contributed by atoms with Crippen molar-refractivity contribution < 1.29 is 4.79 Å². The van der Waals surface area contributed by atoms with Crippen molar-refractivity contribution in [2.24, 2.45) is 10.4 Å². The zero-order chi connectivity index (χ0) is 14.4. The summed E-state index contributed by atoms with van der Waals surface area (Å²) in [5.41, 5.74) is 0.556. The van der Waals surface area contributed by atoms with Crippen molar-refractivity contribution in [1.82, 2.24) is 15.5 Å². The molecule has 2 fully saturated rings. The zero-order valence-corrected chi connectivity index (χ0v) is 15.6.